The van der Waals surface area contributed by atoms with Crippen LogP contribution in [0.1, 0.15) is 326 Å². The standard InChI is InChI=1S/C22H32O3.C14H24O3.C14H22O3.C13H24O.C13H22O.C8H14O/c1-21(2)13-18(14-22(16-21)11-3-4-12-22)15-25-19-8-5-17(6-9-19)7-10-20(23)24;2*1-13(2)8-10(12(16)17-3)11(15)14(9-13)6-4-5-7-14;2*1-12(2)7-11(9-14)8-13(10-12)5-3-4-6-13;1-8(2)5-3-7(9)4-6-8/h5-6,8-9,18H,3-4,7,10-16H2,1-2H3,(H,23,24);10-11,15H,4-9H2,1-3H3;10H,4-9H2,1-3H3;11,14H,3-10H2,1-2H3;8,14H,3-7,9-10H2,1-2H3;3-6H2,1-2H3. The van der Waals surface area contributed by atoms with Gasteiger partial charge in [-0.15, -0.1) is 0 Å². The van der Waals surface area contributed by atoms with Crippen LogP contribution in [0.15, 0.2) is 35.9 Å². The van der Waals surface area contributed by atoms with Crippen LogP contribution in [0, 0.1) is 83.2 Å². The van der Waals surface area contributed by atoms with E-state index in [9.17, 15) is 39.3 Å². The summed E-state index contributed by atoms with van der Waals surface area (Å²) in [7, 11) is 2.79. The number of hydrogen-bond donors (Lipinski definition) is 4. The average Bonchev–Trinajstić information content (AvgIpc) is 1.40. The molecule has 0 heterocycles. The van der Waals surface area contributed by atoms with E-state index in [1.54, 1.807) is 0 Å². The van der Waals surface area contributed by atoms with Gasteiger partial charge >= 0.3 is 17.9 Å². The first-order valence-corrected chi connectivity index (χ1v) is 38.6. The van der Waals surface area contributed by atoms with E-state index in [4.69, 9.17) is 19.3 Å². The van der Waals surface area contributed by atoms with Crippen molar-refractivity contribution >= 4 is 29.5 Å². The molecule has 1 aromatic rings. The number of esters is 2. The summed E-state index contributed by atoms with van der Waals surface area (Å²) in [5.74, 6) is 0.555. The largest absolute Gasteiger partial charge is 0.493 e. The van der Waals surface area contributed by atoms with Gasteiger partial charge in [0.25, 0.3) is 0 Å². The lowest BCUT2D eigenvalue weighted by atomic mass is 9.57. The maximum absolute atomic E-state index is 12.5. The summed E-state index contributed by atoms with van der Waals surface area (Å²) in [6, 6.07) is 7.94. The second kappa shape index (κ2) is 33.0. The molecule has 5 atom stereocenters. The molecule has 546 valence electrons. The van der Waals surface area contributed by atoms with Crippen molar-refractivity contribution < 1.29 is 58.6 Å². The minimum absolute atomic E-state index is 0.0272. The number of aliphatic hydroxyl groups is 3. The third-order valence-electron chi connectivity index (χ3n) is 25.6. The van der Waals surface area contributed by atoms with Crippen LogP contribution >= 0.6 is 0 Å². The number of Topliss-reactive ketones (excluding diaryl/α,β-unsaturated/α-hetero) is 2. The summed E-state index contributed by atoms with van der Waals surface area (Å²) >= 11 is 0. The molecule has 1 aromatic carbocycles. The second-order valence-corrected chi connectivity index (χ2v) is 38.6. The number of methoxy groups -OCH3 is 2. The molecular formula is C84H138O12. The van der Waals surface area contributed by atoms with Gasteiger partial charge in [0.1, 0.15) is 17.5 Å². The Morgan fingerprint density at radius 3 is 1.49 bits per heavy atom. The molecule has 4 N–H and O–H groups in total. The summed E-state index contributed by atoms with van der Waals surface area (Å²) in [6.45, 7) is 29.0. The predicted molar refractivity (Wildman–Crippen MR) is 385 cm³/mol. The molecule has 11 aliphatic carbocycles. The normalized spacial score (nSPS) is 29.7. The van der Waals surface area contributed by atoms with Crippen LogP contribution in [0.5, 0.6) is 5.75 Å². The number of carbonyl (C=O) groups is 5. The smallest absolute Gasteiger partial charge is 0.316 e. The zero-order chi connectivity index (χ0) is 70.7. The van der Waals surface area contributed by atoms with Crippen LogP contribution < -0.4 is 4.74 Å². The molecule has 12 heteroatoms. The minimum Gasteiger partial charge on any atom is -0.493 e. The number of ether oxygens (including phenoxy) is 3. The van der Waals surface area contributed by atoms with Gasteiger partial charge in [-0.2, -0.15) is 0 Å². The number of benzene rings is 1. The van der Waals surface area contributed by atoms with Gasteiger partial charge in [-0.1, -0.05) is 166 Å². The molecule has 0 aromatic heterocycles. The third-order valence-corrected chi connectivity index (χ3v) is 25.6. The van der Waals surface area contributed by atoms with Crippen LogP contribution in [0.2, 0.25) is 0 Å². The van der Waals surface area contributed by atoms with Crippen molar-refractivity contribution in [3.05, 3.63) is 41.5 Å². The monoisotopic (exact) mass is 1340 g/mol. The number of aliphatic hydroxyl groups excluding tert-OH is 3. The molecule has 12 nitrogen and oxygen atoms in total. The Labute approximate surface area is 582 Å². The fourth-order valence-corrected chi connectivity index (χ4v) is 22.7. The molecule has 5 spiro atoms. The summed E-state index contributed by atoms with van der Waals surface area (Å²) in [4.78, 5) is 57.5. The van der Waals surface area contributed by atoms with E-state index < -0.39 is 18.0 Å². The molecular weight excluding hydrogens is 1200 g/mol. The van der Waals surface area contributed by atoms with Crippen molar-refractivity contribution in [2.45, 2.75) is 333 Å². The van der Waals surface area contributed by atoms with E-state index in [0.29, 0.717) is 75.0 Å². The second-order valence-electron chi connectivity index (χ2n) is 38.6. The molecule has 0 saturated heterocycles. The molecule has 12 rings (SSSR count). The molecule has 10 saturated carbocycles. The first-order chi connectivity index (χ1) is 44.9. The highest BCUT2D eigenvalue weighted by Gasteiger charge is 2.56. The Hall–Kier alpha value is -3.61. The van der Waals surface area contributed by atoms with Gasteiger partial charge in [0.05, 0.1) is 39.5 Å². The summed E-state index contributed by atoms with van der Waals surface area (Å²) in [5.41, 5.74) is 5.67. The number of carboxylic acids is 1. The van der Waals surface area contributed by atoms with Crippen LogP contribution in [-0.4, -0.2) is 90.0 Å². The Bertz CT molecular complexity index is 2700. The molecule has 10 fully saturated rings. The van der Waals surface area contributed by atoms with Crippen molar-refractivity contribution in [2.24, 2.45) is 83.2 Å². The third kappa shape index (κ3) is 22.4. The maximum Gasteiger partial charge on any atom is 0.316 e. The molecule has 0 radical (unpaired) electrons. The van der Waals surface area contributed by atoms with Crippen molar-refractivity contribution in [2.75, 3.05) is 34.0 Å². The van der Waals surface area contributed by atoms with Gasteiger partial charge < -0.3 is 34.6 Å². The van der Waals surface area contributed by atoms with E-state index >= 15 is 0 Å². The lowest BCUT2D eigenvalue weighted by Crippen LogP contribution is -2.50. The van der Waals surface area contributed by atoms with E-state index in [1.807, 2.05) is 24.3 Å². The Morgan fingerprint density at radius 2 is 0.990 bits per heavy atom. The van der Waals surface area contributed by atoms with Crippen LogP contribution in [0.4, 0.5) is 0 Å². The first-order valence-electron chi connectivity index (χ1n) is 38.6. The lowest BCUT2D eigenvalue weighted by Gasteiger charge is -2.49. The Kier molecular flexibility index (Phi) is 27.4. The number of allylic oxidation sites excluding steroid dienone is 1. The number of carboxylic acid groups (broad SMARTS) is 1. The van der Waals surface area contributed by atoms with E-state index in [0.717, 1.165) is 108 Å². The van der Waals surface area contributed by atoms with Gasteiger partial charge in [0, 0.05) is 31.3 Å². The summed E-state index contributed by atoms with van der Waals surface area (Å²) in [6.07, 6.45) is 45.5. The van der Waals surface area contributed by atoms with E-state index in [-0.39, 0.29) is 58.3 Å². The highest BCUT2D eigenvalue weighted by Crippen LogP contribution is 2.60. The SMILES string of the molecule is CC1(C)CC(CO)=CC2(CCCC2)C1.CC1(C)CC(CO)CC2(CCCC2)C1.CC1(C)CC(COc2ccc(CCC(=O)O)cc2)CC2(CCCC2)C1.CC1(C)CCC(=O)CC1.COC(=O)C1CC(C)(C)CC2(CCCC2)C1=O.COC(=O)C1CC(C)(C)CC2(CCCC2)C1O. The van der Waals surface area contributed by atoms with Gasteiger partial charge in [-0.25, -0.2) is 0 Å². The van der Waals surface area contributed by atoms with E-state index in [1.165, 1.54) is 155 Å². The number of aliphatic carboxylic acids is 1. The lowest BCUT2D eigenvalue weighted by molar-refractivity contribution is -0.164. The zero-order valence-corrected chi connectivity index (χ0v) is 63.3. The van der Waals surface area contributed by atoms with Gasteiger partial charge in [0.15, 0.2) is 5.78 Å². The van der Waals surface area contributed by atoms with Gasteiger partial charge in [-0.05, 0) is 250 Å². The highest BCUT2D eigenvalue weighted by molar-refractivity contribution is 6.02. The fraction of sp³-hybridized carbons (Fsp3) is 0.845. The number of ketones is 2. The van der Waals surface area contributed by atoms with Crippen molar-refractivity contribution in [3.8, 4) is 5.75 Å². The van der Waals surface area contributed by atoms with Crippen LogP contribution in [0.3, 0.4) is 0 Å². The number of rotatable bonds is 10. The van der Waals surface area contributed by atoms with E-state index in [2.05, 4.69) is 89.2 Å². The summed E-state index contributed by atoms with van der Waals surface area (Å²) in [5, 5.41) is 38.0. The highest BCUT2D eigenvalue weighted by atomic mass is 16.5. The number of aryl methyl sites for hydroxylation is 1. The maximum atomic E-state index is 12.5. The van der Waals surface area contributed by atoms with Crippen LogP contribution in [0.25, 0.3) is 0 Å². The average molecular weight is 1340 g/mol. The fourth-order valence-electron chi connectivity index (χ4n) is 22.7. The Balaban J connectivity index is 0.000000166. The van der Waals surface area contributed by atoms with Crippen molar-refractivity contribution in [3.63, 3.8) is 0 Å². The Morgan fingerprint density at radius 1 is 0.510 bits per heavy atom. The molecule has 0 aliphatic heterocycles. The molecule has 0 amide bonds. The molecule has 11 aliphatic rings. The first kappa shape index (κ1) is 79.7. The zero-order valence-electron chi connectivity index (χ0n) is 63.3. The van der Waals surface area contributed by atoms with Gasteiger partial charge in [-0.3, -0.25) is 24.0 Å². The molecule has 5 unspecified atom stereocenters. The molecule has 0 bridgehead atoms. The van der Waals surface area contributed by atoms with Crippen LogP contribution in [-0.2, 0) is 39.9 Å². The van der Waals surface area contributed by atoms with Crippen molar-refractivity contribution in [1.29, 1.82) is 0 Å². The molecule has 96 heavy (non-hydrogen) atoms. The quantitative estimate of drug-likeness (QED) is 0.0985. The predicted octanol–water partition coefficient (Wildman–Crippen LogP) is 19.5. The number of carbonyl (C=O) groups excluding carboxylic acids is 4. The van der Waals surface area contributed by atoms with Gasteiger partial charge in [0.2, 0.25) is 0 Å². The minimum atomic E-state index is -0.749. The number of hydrogen-bond acceptors (Lipinski definition) is 11. The summed E-state index contributed by atoms with van der Waals surface area (Å²) < 4.78 is 15.8. The van der Waals surface area contributed by atoms with Crippen molar-refractivity contribution in [1.82, 2.24) is 0 Å². The topological polar surface area (TPSA) is 194 Å².